The van der Waals surface area contributed by atoms with E-state index in [1.165, 1.54) is 203 Å². The first-order valence-corrected chi connectivity index (χ1v) is 29.3. The Morgan fingerprint density at radius 2 is 0.654 bits per heavy atom. The van der Waals surface area contributed by atoms with Crippen LogP contribution in [0.2, 0.25) is 0 Å². The zero-order valence-electron chi connectivity index (χ0n) is 46.7. The Labute approximate surface area is 463 Å². The molecule has 0 aliphatic heterocycles. The Morgan fingerprint density at radius 1 is 0.359 bits per heavy atom. The van der Waals surface area contributed by atoms with Gasteiger partial charge in [-0.1, -0.05) is 181 Å². The fourth-order valence-corrected chi connectivity index (χ4v) is 8.97. The highest BCUT2D eigenvalue weighted by atomic mass is 16.6. The zero-order chi connectivity index (χ0) is 55.3. The van der Waals surface area contributed by atoms with Gasteiger partial charge in [0.2, 0.25) is 11.2 Å². The maximum absolute atomic E-state index is 12.9. The Morgan fingerprint density at radius 3 is 0.987 bits per heavy atom. The van der Waals surface area contributed by atoms with Crippen molar-refractivity contribution in [3.63, 3.8) is 0 Å². The number of unbranched alkanes of at least 4 members (excludes halogenated alkanes) is 26. The third kappa shape index (κ3) is 25.2. The van der Waals surface area contributed by atoms with Gasteiger partial charge < -0.3 is 32.8 Å². The molecule has 0 saturated heterocycles. The number of hydrogen-bond acceptors (Lipinski definition) is 12. The lowest BCUT2D eigenvalue weighted by molar-refractivity contribution is 0.0442. The molecule has 5 rings (SSSR count). The van der Waals surface area contributed by atoms with Gasteiger partial charge in [0.1, 0.15) is 41.6 Å². The van der Waals surface area contributed by atoms with E-state index in [0.717, 1.165) is 38.0 Å². The highest BCUT2D eigenvalue weighted by Gasteiger charge is 2.17. The summed E-state index contributed by atoms with van der Waals surface area (Å²) in [5.41, 5.74) is -0.0178. The molecule has 0 spiro atoms. The van der Waals surface area contributed by atoms with Gasteiger partial charge in [-0.05, 0) is 110 Å². The SMILES string of the molecule is CCCCCCCCCCCCCCCCOc1ccc(OC(=O)c2ccc(C(=O)OCc3cc(=O)c(OC(=O)c4ccc(C(=O)Oc5ccc(OCCCCCCCCCCCCCCCC)cc5)cc4)co3)cc2)cc1. The zero-order valence-corrected chi connectivity index (χ0v) is 46.7. The molecule has 0 N–H and O–H groups in total. The molecule has 422 valence electrons. The number of benzene rings is 4. The summed E-state index contributed by atoms with van der Waals surface area (Å²) in [5.74, 6) is -1.06. The highest BCUT2D eigenvalue weighted by molar-refractivity contribution is 5.95. The van der Waals surface area contributed by atoms with Crippen molar-refractivity contribution in [3.8, 4) is 28.7 Å². The molecular weight excluding hydrogens is 985 g/mol. The molecule has 78 heavy (non-hydrogen) atoms. The van der Waals surface area contributed by atoms with E-state index in [9.17, 15) is 24.0 Å². The fourth-order valence-electron chi connectivity index (χ4n) is 8.97. The second kappa shape index (κ2) is 38.0. The summed E-state index contributed by atoms with van der Waals surface area (Å²) in [6.45, 7) is 5.40. The molecule has 0 fully saturated rings. The number of carbonyl (C=O) groups excluding carboxylic acids is 4. The van der Waals surface area contributed by atoms with E-state index in [4.69, 9.17) is 32.8 Å². The molecule has 0 radical (unpaired) electrons. The first kappa shape index (κ1) is 62.2. The van der Waals surface area contributed by atoms with Gasteiger partial charge in [-0.3, -0.25) is 4.79 Å². The lowest BCUT2D eigenvalue weighted by Gasteiger charge is -2.09. The summed E-state index contributed by atoms with van der Waals surface area (Å²) >= 11 is 0. The summed E-state index contributed by atoms with van der Waals surface area (Å²) in [5, 5.41) is 0. The van der Waals surface area contributed by atoms with Crippen LogP contribution in [0.1, 0.15) is 241 Å². The number of rotatable bonds is 41. The van der Waals surface area contributed by atoms with E-state index in [1.807, 2.05) is 0 Å². The molecule has 0 saturated carbocycles. The van der Waals surface area contributed by atoms with Crippen LogP contribution in [0.5, 0.6) is 28.7 Å². The van der Waals surface area contributed by atoms with Crippen molar-refractivity contribution in [3.05, 3.63) is 148 Å². The molecule has 0 unspecified atom stereocenters. The predicted molar refractivity (Wildman–Crippen MR) is 306 cm³/mol. The predicted octanol–water partition coefficient (Wildman–Crippen LogP) is 17.4. The van der Waals surface area contributed by atoms with Crippen LogP contribution in [0.3, 0.4) is 0 Å². The molecule has 0 amide bonds. The summed E-state index contributed by atoms with van der Waals surface area (Å²) in [6, 6.07) is 26.2. The Balaban J connectivity index is 0.913. The van der Waals surface area contributed by atoms with Crippen molar-refractivity contribution in [1.29, 1.82) is 0 Å². The first-order chi connectivity index (χ1) is 38.2. The smallest absolute Gasteiger partial charge is 0.343 e. The molecule has 0 aliphatic carbocycles. The van der Waals surface area contributed by atoms with Crippen molar-refractivity contribution in [2.75, 3.05) is 13.2 Å². The molecule has 0 bridgehead atoms. The second-order valence-corrected chi connectivity index (χ2v) is 20.3. The van der Waals surface area contributed by atoms with Crippen LogP contribution in [0, 0.1) is 0 Å². The van der Waals surface area contributed by atoms with Gasteiger partial charge in [-0.15, -0.1) is 0 Å². The first-order valence-electron chi connectivity index (χ1n) is 29.3. The third-order valence-electron chi connectivity index (χ3n) is 13.7. The molecule has 4 aromatic carbocycles. The van der Waals surface area contributed by atoms with Crippen LogP contribution in [-0.2, 0) is 11.3 Å². The molecule has 12 heteroatoms. The van der Waals surface area contributed by atoms with Gasteiger partial charge in [0, 0.05) is 6.07 Å². The van der Waals surface area contributed by atoms with Crippen LogP contribution in [0.4, 0.5) is 0 Å². The van der Waals surface area contributed by atoms with Gasteiger partial charge in [-0.2, -0.15) is 0 Å². The van der Waals surface area contributed by atoms with E-state index in [1.54, 1.807) is 48.5 Å². The summed E-state index contributed by atoms with van der Waals surface area (Å²) in [4.78, 5) is 64.2. The summed E-state index contributed by atoms with van der Waals surface area (Å²) < 4.78 is 38.8. The van der Waals surface area contributed by atoms with Crippen molar-refractivity contribution in [2.45, 2.75) is 200 Å². The normalized spacial score (nSPS) is 11.0. The lowest BCUT2D eigenvalue weighted by atomic mass is 10.0. The largest absolute Gasteiger partial charge is 0.494 e. The van der Waals surface area contributed by atoms with Gasteiger partial charge >= 0.3 is 23.9 Å². The summed E-state index contributed by atoms with van der Waals surface area (Å²) in [7, 11) is 0. The number of carbonyl (C=O) groups is 4. The molecule has 1 heterocycles. The van der Waals surface area contributed by atoms with Gasteiger partial charge in [0.05, 0.1) is 35.5 Å². The van der Waals surface area contributed by atoms with E-state index >= 15 is 0 Å². The molecular formula is C66H86O12. The molecule has 12 nitrogen and oxygen atoms in total. The standard InChI is InChI=1S/C66H86O12/c1-3-5-7-9-11-13-15-17-19-21-23-25-27-29-47-72-56-39-43-58(44-40-56)76-64(69)53-33-31-52(32-34-53)63(68)75-50-60-49-61(67)62(51-74-60)78-66(71)55-37-35-54(36-38-55)65(70)77-59-45-41-57(42-46-59)73-48-30-28-26-24-22-20-18-16-14-12-10-8-6-4-2/h31-46,49,51H,3-30,47-48,50H2,1-2H3. The van der Waals surface area contributed by atoms with Crippen molar-refractivity contribution < 1.29 is 52.0 Å². The maximum atomic E-state index is 12.9. The Bertz CT molecular complexity index is 2510. The van der Waals surface area contributed by atoms with E-state index < -0.39 is 29.3 Å². The molecule has 0 atom stereocenters. The average Bonchev–Trinajstić information content (AvgIpc) is 3.46. The minimum absolute atomic E-state index is 0.00447. The minimum Gasteiger partial charge on any atom is -0.494 e. The van der Waals surface area contributed by atoms with Gasteiger partial charge in [-0.25, -0.2) is 19.2 Å². The number of ether oxygens (including phenoxy) is 6. The average molecular weight is 1070 g/mol. The minimum atomic E-state index is -0.855. The lowest BCUT2D eigenvalue weighted by Crippen LogP contribution is -2.16. The number of esters is 4. The topological polar surface area (TPSA) is 154 Å². The maximum Gasteiger partial charge on any atom is 0.343 e. The molecule has 5 aromatic rings. The number of hydrogen-bond donors (Lipinski definition) is 0. The fraction of sp³-hybridized carbons (Fsp3) is 0.500. The van der Waals surface area contributed by atoms with Crippen LogP contribution in [0.15, 0.2) is 119 Å². The van der Waals surface area contributed by atoms with E-state index in [2.05, 4.69) is 13.8 Å². The molecule has 0 aliphatic rings. The van der Waals surface area contributed by atoms with E-state index in [-0.39, 0.29) is 40.4 Å². The van der Waals surface area contributed by atoms with Crippen molar-refractivity contribution in [1.82, 2.24) is 0 Å². The summed E-state index contributed by atoms with van der Waals surface area (Å²) in [6.07, 6.45) is 37.5. The molecule has 1 aromatic heterocycles. The Hall–Kier alpha value is -6.69. The quantitative estimate of drug-likeness (QED) is 0.0208. The van der Waals surface area contributed by atoms with Gasteiger partial charge in [0.15, 0.2) is 0 Å². The second-order valence-electron chi connectivity index (χ2n) is 20.3. The van der Waals surface area contributed by atoms with Crippen molar-refractivity contribution >= 4 is 23.9 Å². The van der Waals surface area contributed by atoms with E-state index in [0.29, 0.717) is 36.2 Å². The van der Waals surface area contributed by atoms with Crippen LogP contribution in [0.25, 0.3) is 0 Å². The monoisotopic (exact) mass is 1070 g/mol. The Kier molecular flexibility index (Phi) is 30.3. The third-order valence-corrected chi connectivity index (χ3v) is 13.7. The highest BCUT2D eigenvalue weighted by Crippen LogP contribution is 2.23. The van der Waals surface area contributed by atoms with Crippen molar-refractivity contribution in [2.24, 2.45) is 0 Å². The van der Waals surface area contributed by atoms with Gasteiger partial charge in [0.25, 0.3) is 0 Å². The van der Waals surface area contributed by atoms with Crippen LogP contribution >= 0.6 is 0 Å². The van der Waals surface area contributed by atoms with Crippen LogP contribution < -0.4 is 29.1 Å². The van der Waals surface area contributed by atoms with Crippen LogP contribution in [-0.4, -0.2) is 37.1 Å².